The van der Waals surface area contributed by atoms with Crippen molar-refractivity contribution in [2.45, 2.75) is 38.3 Å². The van der Waals surface area contributed by atoms with Gasteiger partial charge >= 0.3 is 0 Å². The molecule has 7 heteroatoms. The number of hydrogen-bond donors (Lipinski definition) is 1. The fraction of sp³-hybridized carbons (Fsp3) is 0.765. The number of aromatic nitrogens is 2. The predicted octanol–water partition coefficient (Wildman–Crippen LogP) is 0.958. The van der Waals surface area contributed by atoms with Crippen molar-refractivity contribution in [2.24, 2.45) is 0 Å². The fourth-order valence-corrected chi connectivity index (χ4v) is 4.07. The highest BCUT2D eigenvalue weighted by molar-refractivity contribution is 5.55. The van der Waals surface area contributed by atoms with E-state index in [-0.39, 0.29) is 0 Å². The van der Waals surface area contributed by atoms with Crippen LogP contribution in [-0.2, 0) is 4.74 Å². The molecule has 0 bridgehead atoms. The molecule has 1 unspecified atom stereocenters. The topological polar surface area (TPSA) is 70.8 Å². The number of hydrogen-bond acceptors (Lipinski definition) is 7. The van der Waals surface area contributed by atoms with Gasteiger partial charge in [-0.2, -0.15) is 9.97 Å². The molecule has 1 atom stereocenters. The van der Waals surface area contributed by atoms with Crippen LogP contribution < -0.4 is 15.5 Å². The summed E-state index contributed by atoms with van der Waals surface area (Å²) in [5, 5.41) is 0. The van der Waals surface area contributed by atoms with Crippen molar-refractivity contribution in [1.29, 1.82) is 0 Å². The maximum atomic E-state index is 5.96. The summed E-state index contributed by atoms with van der Waals surface area (Å²) in [6.07, 6.45) is 4.04. The van der Waals surface area contributed by atoms with Crippen molar-refractivity contribution in [2.75, 3.05) is 61.5 Å². The fourth-order valence-electron chi connectivity index (χ4n) is 4.07. The molecule has 24 heavy (non-hydrogen) atoms. The molecule has 3 aliphatic rings. The first-order chi connectivity index (χ1) is 11.7. The SMILES string of the molecule is CC1CCCCN1C1CN(c2cc(N3CCOCC3)nc(N)n2)C1. The summed E-state index contributed by atoms with van der Waals surface area (Å²) in [6, 6.07) is 3.45. The molecule has 0 aromatic carbocycles. The van der Waals surface area contributed by atoms with E-state index in [9.17, 15) is 0 Å². The van der Waals surface area contributed by atoms with Gasteiger partial charge in [-0.05, 0) is 26.3 Å². The third kappa shape index (κ3) is 3.15. The molecule has 0 radical (unpaired) electrons. The molecule has 2 N–H and O–H groups in total. The monoisotopic (exact) mass is 332 g/mol. The van der Waals surface area contributed by atoms with Gasteiger partial charge in [0.2, 0.25) is 5.95 Å². The Morgan fingerprint density at radius 1 is 1.04 bits per heavy atom. The zero-order valence-corrected chi connectivity index (χ0v) is 14.5. The van der Waals surface area contributed by atoms with Crippen LogP contribution in [0.3, 0.4) is 0 Å². The van der Waals surface area contributed by atoms with Crippen LogP contribution >= 0.6 is 0 Å². The Labute approximate surface area is 143 Å². The van der Waals surface area contributed by atoms with Gasteiger partial charge in [0.15, 0.2) is 0 Å². The molecule has 3 fully saturated rings. The average molecular weight is 332 g/mol. The molecule has 3 saturated heterocycles. The van der Waals surface area contributed by atoms with Crippen LogP contribution in [0.5, 0.6) is 0 Å². The van der Waals surface area contributed by atoms with Crippen molar-refractivity contribution in [1.82, 2.24) is 14.9 Å². The molecule has 1 aromatic rings. The van der Waals surface area contributed by atoms with E-state index in [1.165, 1.54) is 25.8 Å². The molecule has 3 aliphatic heterocycles. The van der Waals surface area contributed by atoms with Crippen molar-refractivity contribution in [3.05, 3.63) is 6.07 Å². The Bertz CT molecular complexity index is 570. The van der Waals surface area contributed by atoms with E-state index in [2.05, 4.69) is 37.7 Å². The van der Waals surface area contributed by atoms with Crippen LogP contribution in [0.15, 0.2) is 6.07 Å². The standard InChI is InChI=1S/C17H28N6O/c1-13-4-2-3-5-23(13)14-11-22(12-14)16-10-15(19-17(18)20-16)21-6-8-24-9-7-21/h10,13-14H,2-9,11-12H2,1H3,(H2,18,19,20). The Morgan fingerprint density at radius 3 is 2.46 bits per heavy atom. The predicted molar refractivity (Wildman–Crippen MR) is 95.5 cm³/mol. The van der Waals surface area contributed by atoms with Gasteiger partial charge in [-0.25, -0.2) is 0 Å². The van der Waals surface area contributed by atoms with Gasteiger partial charge in [-0.3, -0.25) is 4.90 Å². The lowest BCUT2D eigenvalue weighted by atomic mass is 9.97. The summed E-state index contributed by atoms with van der Waals surface area (Å²) in [6.45, 7) is 8.92. The highest BCUT2D eigenvalue weighted by atomic mass is 16.5. The van der Waals surface area contributed by atoms with Gasteiger partial charge in [0.05, 0.1) is 13.2 Å². The Balaban J connectivity index is 1.42. The molecule has 4 heterocycles. The first kappa shape index (κ1) is 15.9. The van der Waals surface area contributed by atoms with Crippen molar-refractivity contribution >= 4 is 17.6 Å². The first-order valence-electron chi connectivity index (χ1n) is 9.18. The third-order valence-corrected chi connectivity index (χ3v) is 5.56. The summed E-state index contributed by atoms with van der Waals surface area (Å²) in [5.41, 5.74) is 5.96. The lowest BCUT2D eigenvalue weighted by Crippen LogP contribution is -2.62. The number of nitrogen functional groups attached to an aromatic ring is 1. The second-order valence-corrected chi connectivity index (χ2v) is 7.18. The van der Waals surface area contributed by atoms with Gasteiger partial charge in [-0.1, -0.05) is 6.42 Å². The molecule has 0 amide bonds. The maximum absolute atomic E-state index is 5.96. The average Bonchev–Trinajstić information content (AvgIpc) is 2.56. The zero-order chi connectivity index (χ0) is 16.5. The van der Waals surface area contributed by atoms with Gasteiger partial charge < -0.3 is 20.3 Å². The molecular weight excluding hydrogens is 304 g/mol. The molecule has 0 saturated carbocycles. The highest BCUT2D eigenvalue weighted by Crippen LogP contribution is 2.29. The smallest absolute Gasteiger partial charge is 0.223 e. The lowest BCUT2D eigenvalue weighted by Gasteiger charge is -2.49. The van der Waals surface area contributed by atoms with Crippen LogP contribution in [-0.4, -0.2) is 72.9 Å². The Kier molecular flexibility index (Phi) is 4.45. The van der Waals surface area contributed by atoms with Gasteiger partial charge in [-0.15, -0.1) is 0 Å². The number of morpholine rings is 1. The van der Waals surface area contributed by atoms with E-state index in [4.69, 9.17) is 10.5 Å². The van der Waals surface area contributed by atoms with E-state index in [0.717, 1.165) is 51.0 Å². The normalized spacial score (nSPS) is 26.5. The maximum Gasteiger partial charge on any atom is 0.223 e. The van der Waals surface area contributed by atoms with E-state index in [0.29, 0.717) is 18.0 Å². The van der Waals surface area contributed by atoms with E-state index < -0.39 is 0 Å². The molecule has 1 aromatic heterocycles. The zero-order valence-electron chi connectivity index (χ0n) is 14.5. The van der Waals surface area contributed by atoms with Crippen LogP contribution in [0.4, 0.5) is 17.6 Å². The summed E-state index contributed by atoms with van der Waals surface area (Å²) < 4.78 is 5.42. The minimum atomic E-state index is 0.365. The van der Waals surface area contributed by atoms with Gasteiger partial charge in [0.1, 0.15) is 11.6 Å². The quantitative estimate of drug-likeness (QED) is 0.884. The van der Waals surface area contributed by atoms with E-state index in [1.807, 2.05) is 0 Å². The summed E-state index contributed by atoms with van der Waals surface area (Å²) in [4.78, 5) is 16.1. The Morgan fingerprint density at radius 2 is 1.75 bits per heavy atom. The summed E-state index contributed by atoms with van der Waals surface area (Å²) >= 11 is 0. The first-order valence-corrected chi connectivity index (χ1v) is 9.18. The van der Waals surface area contributed by atoms with Gasteiger partial charge in [0.25, 0.3) is 0 Å². The minimum absolute atomic E-state index is 0.365. The summed E-state index contributed by atoms with van der Waals surface area (Å²) in [5.74, 6) is 2.25. The molecule has 0 spiro atoms. The number of likely N-dealkylation sites (tertiary alicyclic amines) is 1. The number of ether oxygens (including phenoxy) is 1. The third-order valence-electron chi connectivity index (χ3n) is 5.56. The number of piperidine rings is 1. The van der Waals surface area contributed by atoms with E-state index >= 15 is 0 Å². The molecule has 0 aliphatic carbocycles. The molecule has 7 nitrogen and oxygen atoms in total. The van der Waals surface area contributed by atoms with Crippen molar-refractivity contribution < 1.29 is 4.74 Å². The Hall–Kier alpha value is -1.60. The molecule has 132 valence electrons. The number of rotatable bonds is 3. The van der Waals surface area contributed by atoms with Crippen LogP contribution in [0.25, 0.3) is 0 Å². The number of nitrogens with two attached hydrogens (primary N) is 1. The van der Waals surface area contributed by atoms with Crippen molar-refractivity contribution in [3.8, 4) is 0 Å². The summed E-state index contributed by atoms with van der Waals surface area (Å²) in [7, 11) is 0. The number of anilines is 3. The van der Waals surface area contributed by atoms with Crippen molar-refractivity contribution in [3.63, 3.8) is 0 Å². The highest BCUT2D eigenvalue weighted by Gasteiger charge is 2.36. The minimum Gasteiger partial charge on any atom is -0.378 e. The van der Waals surface area contributed by atoms with Crippen LogP contribution in [0.2, 0.25) is 0 Å². The van der Waals surface area contributed by atoms with Crippen LogP contribution in [0, 0.1) is 0 Å². The largest absolute Gasteiger partial charge is 0.378 e. The second-order valence-electron chi connectivity index (χ2n) is 7.18. The molecule has 4 rings (SSSR count). The van der Waals surface area contributed by atoms with Crippen LogP contribution in [0.1, 0.15) is 26.2 Å². The van der Waals surface area contributed by atoms with E-state index in [1.54, 1.807) is 0 Å². The molecular formula is C17H28N6O. The number of nitrogens with zero attached hydrogens (tertiary/aromatic N) is 5. The lowest BCUT2D eigenvalue weighted by molar-refractivity contribution is 0.0872. The van der Waals surface area contributed by atoms with Gasteiger partial charge in [0, 0.05) is 44.3 Å². The second kappa shape index (κ2) is 6.72.